The number of hydrogen-bond donors (Lipinski definition) is 2. The minimum absolute atomic E-state index is 0.0672. The summed E-state index contributed by atoms with van der Waals surface area (Å²) in [5.74, 6) is 0.813. The molecule has 0 bridgehead atoms. The van der Waals surface area contributed by atoms with E-state index in [1.807, 2.05) is 13.0 Å². The monoisotopic (exact) mass is 320 g/mol. The van der Waals surface area contributed by atoms with E-state index in [9.17, 15) is 5.11 Å². The molecule has 2 rings (SSSR count). The molecule has 23 heavy (non-hydrogen) atoms. The zero-order valence-corrected chi connectivity index (χ0v) is 15.1. The van der Waals surface area contributed by atoms with E-state index < -0.39 is 6.10 Å². The maximum Gasteiger partial charge on any atom is 0.125 e. The molecular formula is C19H32N2O2. The standard InChI is InChI=1S/C19H32N2O2/c1-5-23-18-7-6-15(19(2,3)4)14-16(18)17(22)8-11-21-12-9-20-10-13-21/h6-7,14,17,20,22H,5,8-13H2,1-4H3. The molecule has 4 nitrogen and oxygen atoms in total. The number of nitrogens with one attached hydrogen (secondary N) is 1. The quantitative estimate of drug-likeness (QED) is 0.846. The molecule has 1 unspecified atom stereocenters. The van der Waals surface area contributed by atoms with Gasteiger partial charge in [-0.15, -0.1) is 0 Å². The summed E-state index contributed by atoms with van der Waals surface area (Å²) in [6.45, 7) is 14.3. The minimum Gasteiger partial charge on any atom is -0.493 e. The van der Waals surface area contributed by atoms with Crippen LogP contribution in [0, 0.1) is 0 Å². The zero-order valence-electron chi connectivity index (χ0n) is 15.1. The van der Waals surface area contributed by atoms with Gasteiger partial charge in [-0.1, -0.05) is 26.8 Å². The Morgan fingerprint density at radius 1 is 1.26 bits per heavy atom. The van der Waals surface area contributed by atoms with Crippen molar-refractivity contribution in [2.24, 2.45) is 0 Å². The lowest BCUT2D eigenvalue weighted by molar-refractivity contribution is 0.133. The van der Waals surface area contributed by atoms with Crippen molar-refractivity contribution in [3.63, 3.8) is 0 Å². The van der Waals surface area contributed by atoms with E-state index >= 15 is 0 Å². The zero-order chi connectivity index (χ0) is 16.9. The molecule has 1 atom stereocenters. The predicted molar refractivity (Wildman–Crippen MR) is 95.2 cm³/mol. The maximum atomic E-state index is 10.7. The topological polar surface area (TPSA) is 44.7 Å². The molecule has 4 heteroatoms. The number of rotatable bonds is 6. The Bertz CT molecular complexity index is 491. The van der Waals surface area contributed by atoms with E-state index in [-0.39, 0.29) is 5.41 Å². The van der Waals surface area contributed by atoms with Gasteiger partial charge in [0.1, 0.15) is 5.75 Å². The second-order valence-electron chi connectivity index (χ2n) is 7.33. The fourth-order valence-electron chi connectivity index (χ4n) is 2.96. The SMILES string of the molecule is CCOc1ccc(C(C)(C)C)cc1C(O)CCN1CCNCC1. The van der Waals surface area contributed by atoms with E-state index in [2.05, 4.69) is 43.1 Å². The number of hydrogen-bond acceptors (Lipinski definition) is 4. The first-order valence-corrected chi connectivity index (χ1v) is 8.80. The van der Waals surface area contributed by atoms with Gasteiger partial charge in [-0.3, -0.25) is 0 Å². The molecule has 130 valence electrons. The van der Waals surface area contributed by atoms with Crippen LogP contribution in [0.2, 0.25) is 0 Å². The molecular weight excluding hydrogens is 288 g/mol. The van der Waals surface area contributed by atoms with Crippen molar-refractivity contribution in [1.82, 2.24) is 10.2 Å². The first kappa shape index (κ1) is 18.2. The van der Waals surface area contributed by atoms with Crippen molar-refractivity contribution in [2.75, 3.05) is 39.3 Å². The number of piperazine rings is 1. The third kappa shape index (κ3) is 5.20. The van der Waals surface area contributed by atoms with Crippen LogP contribution in [0.4, 0.5) is 0 Å². The third-order valence-electron chi connectivity index (χ3n) is 4.46. The van der Waals surface area contributed by atoms with Gasteiger partial charge in [0.15, 0.2) is 0 Å². The van der Waals surface area contributed by atoms with Crippen LogP contribution in [-0.4, -0.2) is 49.3 Å². The molecule has 0 spiro atoms. The van der Waals surface area contributed by atoms with E-state index in [1.54, 1.807) is 0 Å². The fourth-order valence-corrected chi connectivity index (χ4v) is 2.96. The molecule has 1 heterocycles. The number of nitrogens with zero attached hydrogens (tertiary/aromatic N) is 1. The van der Waals surface area contributed by atoms with Gasteiger partial charge in [0, 0.05) is 38.3 Å². The van der Waals surface area contributed by atoms with Crippen molar-refractivity contribution in [2.45, 2.75) is 45.6 Å². The Labute approximate surface area is 140 Å². The molecule has 0 aromatic heterocycles. The number of ether oxygens (including phenoxy) is 1. The van der Waals surface area contributed by atoms with Gasteiger partial charge in [0.2, 0.25) is 0 Å². The summed E-state index contributed by atoms with van der Waals surface area (Å²) in [4.78, 5) is 2.41. The number of benzene rings is 1. The molecule has 0 aliphatic carbocycles. The molecule has 1 aliphatic rings. The van der Waals surface area contributed by atoms with Crippen LogP contribution in [0.3, 0.4) is 0 Å². The van der Waals surface area contributed by atoms with E-state index in [0.717, 1.165) is 50.5 Å². The summed E-state index contributed by atoms with van der Waals surface area (Å²) in [5, 5.41) is 14.1. The van der Waals surface area contributed by atoms with Gasteiger partial charge in [-0.2, -0.15) is 0 Å². The Morgan fingerprint density at radius 2 is 1.96 bits per heavy atom. The molecule has 0 saturated carbocycles. The minimum atomic E-state index is -0.478. The average molecular weight is 320 g/mol. The maximum absolute atomic E-state index is 10.7. The molecule has 1 aromatic rings. The lowest BCUT2D eigenvalue weighted by Gasteiger charge is -2.28. The van der Waals surface area contributed by atoms with Gasteiger partial charge in [0.05, 0.1) is 12.7 Å². The fraction of sp³-hybridized carbons (Fsp3) is 0.684. The summed E-state index contributed by atoms with van der Waals surface area (Å²) in [5.41, 5.74) is 2.23. The molecule has 1 fully saturated rings. The summed E-state index contributed by atoms with van der Waals surface area (Å²) in [6, 6.07) is 6.23. The molecule has 0 amide bonds. The van der Waals surface area contributed by atoms with Crippen LogP contribution in [-0.2, 0) is 5.41 Å². The number of aliphatic hydroxyl groups is 1. The summed E-state index contributed by atoms with van der Waals surface area (Å²) in [7, 11) is 0. The van der Waals surface area contributed by atoms with E-state index in [4.69, 9.17) is 4.74 Å². The highest BCUT2D eigenvalue weighted by Crippen LogP contribution is 2.33. The highest BCUT2D eigenvalue weighted by atomic mass is 16.5. The van der Waals surface area contributed by atoms with Crippen LogP contribution in [0.25, 0.3) is 0 Å². The Balaban J connectivity index is 2.10. The van der Waals surface area contributed by atoms with E-state index in [0.29, 0.717) is 6.61 Å². The van der Waals surface area contributed by atoms with Gasteiger partial charge in [-0.25, -0.2) is 0 Å². The van der Waals surface area contributed by atoms with Crippen molar-refractivity contribution in [3.05, 3.63) is 29.3 Å². The second-order valence-corrected chi connectivity index (χ2v) is 7.33. The molecule has 1 aliphatic heterocycles. The van der Waals surface area contributed by atoms with Crippen LogP contribution >= 0.6 is 0 Å². The molecule has 1 saturated heterocycles. The van der Waals surface area contributed by atoms with Crippen LogP contribution < -0.4 is 10.1 Å². The predicted octanol–water partition coefficient (Wildman–Crippen LogP) is 2.71. The van der Waals surface area contributed by atoms with Gasteiger partial charge >= 0.3 is 0 Å². The Kier molecular flexibility index (Phi) is 6.45. The van der Waals surface area contributed by atoms with Crippen LogP contribution in [0.15, 0.2) is 18.2 Å². The van der Waals surface area contributed by atoms with Crippen molar-refractivity contribution < 1.29 is 9.84 Å². The first-order chi connectivity index (χ1) is 10.9. The molecule has 2 N–H and O–H groups in total. The smallest absolute Gasteiger partial charge is 0.125 e. The lowest BCUT2D eigenvalue weighted by Crippen LogP contribution is -2.44. The largest absolute Gasteiger partial charge is 0.493 e. The van der Waals surface area contributed by atoms with Crippen molar-refractivity contribution >= 4 is 0 Å². The van der Waals surface area contributed by atoms with Crippen LogP contribution in [0.5, 0.6) is 5.75 Å². The highest BCUT2D eigenvalue weighted by molar-refractivity contribution is 5.41. The second kappa shape index (κ2) is 8.13. The highest BCUT2D eigenvalue weighted by Gasteiger charge is 2.20. The summed E-state index contributed by atoms with van der Waals surface area (Å²) >= 11 is 0. The van der Waals surface area contributed by atoms with Gasteiger partial charge in [0.25, 0.3) is 0 Å². The molecule has 1 aromatic carbocycles. The average Bonchev–Trinajstić information content (AvgIpc) is 2.53. The van der Waals surface area contributed by atoms with Gasteiger partial charge in [-0.05, 0) is 36.5 Å². The number of aliphatic hydroxyl groups excluding tert-OH is 1. The Morgan fingerprint density at radius 3 is 2.57 bits per heavy atom. The summed E-state index contributed by atoms with van der Waals surface area (Å²) in [6.07, 6.45) is 0.266. The van der Waals surface area contributed by atoms with Crippen molar-refractivity contribution in [3.8, 4) is 5.75 Å². The van der Waals surface area contributed by atoms with Crippen molar-refractivity contribution in [1.29, 1.82) is 0 Å². The van der Waals surface area contributed by atoms with E-state index in [1.165, 1.54) is 5.56 Å². The molecule has 0 radical (unpaired) electrons. The van der Waals surface area contributed by atoms with Gasteiger partial charge < -0.3 is 20.1 Å². The lowest BCUT2D eigenvalue weighted by atomic mass is 9.85. The third-order valence-corrected chi connectivity index (χ3v) is 4.46. The summed E-state index contributed by atoms with van der Waals surface area (Å²) < 4.78 is 5.73. The normalized spacial score (nSPS) is 18.0. The van der Waals surface area contributed by atoms with Crippen LogP contribution in [0.1, 0.15) is 51.3 Å². The first-order valence-electron chi connectivity index (χ1n) is 8.80. The Hall–Kier alpha value is -1.10.